The fraction of sp³-hybridized carbons (Fsp3) is 0.385. The van der Waals surface area contributed by atoms with Crippen LogP contribution < -0.4 is 5.73 Å². The Labute approximate surface area is 100 Å². The summed E-state index contributed by atoms with van der Waals surface area (Å²) < 4.78 is 6.95. The summed E-state index contributed by atoms with van der Waals surface area (Å²) in [6.45, 7) is 5.39. The molecule has 0 atom stereocenters. The molecule has 0 saturated heterocycles. The third kappa shape index (κ3) is 2.43. The van der Waals surface area contributed by atoms with Gasteiger partial charge < -0.3 is 10.5 Å². The maximum atomic E-state index is 5.65. The van der Waals surface area contributed by atoms with Gasteiger partial charge in [-0.3, -0.25) is 0 Å². The van der Waals surface area contributed by atoms with Crippen LogP contribution in [0.2, 0.25) is 0 Å². The van der Waals surface area contributed by atoms with Crippen LogP contribution in [0.1, 0.15) is 25.0 Å². The lowest BCUT2D eigenvalue weighted by molar-refractivity contribution is 0.0666. The van der Waals surface area contributed by atoms with Crippen LogP contribution >= 0.6 is 11.3 Å². The van der Waals surface area contributed by atoms with E-state index in [1.165, 1.54) is 21.2 Å². The zero-order valence-corrected chi connectivity index (χ0v) is 10.5. The van der Waals surface area contributed by atoms with Gasteiger partial charge in [-0.05, 0) is 47.9 Å². The Balaban J connectivity index is 2.30. The van der Waals surface area contributed by atoms with Crippen molar-refractivity contribution in [3.63, 3.8) is 0 Å². The highest BCUT2D eigenvalue weighted by atomic mass is 32.1. The van der Waals surface area contributed by atoms with Crippen LogP contribution in [0.4, 0.5) is 0 Å². The Morgan fingerprint density at radius 2 is 2.19 bits per heavy atom. The Bertz CT molecular complexity index is 476. The molecule has 0 fully saturated rings. The lowest BCUT2D eigenvalue weighted by Crippen LogP contribution is -2.01. The fourth-order valence-corrected chi connectivity index (χ4v) is 2.55. The Kier molecular flexibility index (Phi) is 3.59. The highest BCUT2D eigenvalue weighted by molar-refractivity contribution is 7.17. The summed E-state index contributed by atoms with van der Waals surface area (Å²) in [7, 11) is 0. The molecule has 2 nitrogen and oxygen atoms in total. The van der Waals surface area contributed by atoms with Gasteiger partial charge in [-0.15, -0.1) is 11.3 Å². The van der Waals surface area contributed by atoms with Crippen molar-refractivity contribution in [3.8, 4) is 0 Å². The molecule has 0 unspecified atom stereocenters. The van der Waals surface area contributed by atoms with Crippen LogP contribution in [-0.4, -0.2) is 6.10 Å². The van der Waals surface area contributed by atoms with Crippen LogP contribution in [0.5, 0.6) is 0 Å². The first kappa shape index (κ1) is 11.6. The van der Waals surface area contributed by atoms with Gasteiger partial charge in [0.1, 0.15) is 0 Å². The maximum absolute atomic E-state index is 5.65. The molecule has 86 valence electrons. The van der Waals surface area contributed by atoms with Crippen LogP contribution in [-0.2, 0) is 17.9 Å². The molecule has 1 aromatic heterocycles. The Morgan fingerprint density at radius 3 is 2.88 bits per heavy atom. The van der Waals surface area contributed by atoms with Gasteiger partial charge in [-0.1, -0.05) is 6.07 Å². The van der Waals surface area contributed by atoms with Gasteiger partial charge in [-0.2, -0.15) is 0 Å². The van der Waals surface area contributed by atoms with Gasteiger partial charge >= 0.3 is 0 Å². The number of nitrogens with two attached hydrogens (primary N) is 1. The average molecular weight is 235 g/mol. The van der Waals surface area contributed by atoms with E-state index in [0.29, 0.717) is 13.2 Å². The van der Waals surface area contributed by atoms with Crippen molar-refractivity contribution < 1.29 is 4.74 Å². The van der Waals surface area contributed by atoms with E-state index in [1.54, 1.807) is 11.3 Å². The van der Waals surface area contributed by atoms with Crippen LogP contribution in [0.3, 0.4) is 0 Å². The van der Waals surface area contributed by atoms with Crippen LogP contribution in [0.15, 0.2) is 23.6 Å². The molecule has 2 aromatic rings. The first-order chi connectivity index (χ1) is 7.70. The number of fused-ring (bicyclic) bond motifs is 1. The molecule has 3 heteroatoms. The molecule has 0 aliphatic carbocycles. The molecule has 1 aromatic carbocycles. The largest absolute Gasteiger partial charge is 0.374 e. The second kappa shape index (κ2) is 4.95. The zero-order valence-electron chi connectivity index (χ0n) is 9.69. The second-order valence-electron chi connectivity index (χ2n) is 4.16. The third-order valence-electron chi connectivity index (χ3n) is 2.53. The van der Waals surface area contributed by atoms with Gasteiger partial charge in [0, 0.05) is 11.2 Å². The lowest BCUT2D eigenvalue weighted by Gasteiger charge is -2.06. The summed E-state index contributed by atoms with van der Waals surface area (Å²) in [6.07, 6.45) is 0.271. The van der Waals surface area contributed by atoms with E-state index in [-0.39, 0.29) is 6.10 Å². The maximum Gasteiger partial charge on any atom is 0.0734 e. The summed E-state index contributed by atoms with van der Waals surface area (Å²) >= 11 is 1.76. The van der Waals surface area contributed by atoms with E-state index in [9.17, 15) is 0 Å². The SMILES string of the molecule is CC(C)OCc1csc2ccc(CN)cc12. The molecule has 0 amide bonds. The van der Waals surface area contributed by atoms with Gasteiger partial charge in [-0.25, -0.2) is 0 Å². The predicted octanol–water partition coefficient (Wildman–Crippen LogP) is 3.29. The van der Waals surface area contributed by atoms with E-state index in [1.807, 2.05) is 0 Å². The summed E-state index contributed by atoms with van der Waals surface area (Å²) in [5.74, 6) is 0. The lowest BCUT2D eigenvalue weighted by atomic mass is 10.1. The van der Waals surface area contributed by atoms with Crippen molar-refractivity contribution in [2.45, 2.75) is 33.1 Å². The van der Waals surface area contributed by atoms with Crippen molar-refractivity contribution in [1.29, 1.82) is 0 Å². The monoisotopic (exact) mass is 235 g/mol. The topological polar surface area (TPSA) is 35.2 Å². The normalized spacial score (nSPS) is 11.5. The Hall–Kier alpha value is -0.900. The van der Waals surface area contributed by atoms with Gasteiger partial charge in [0.05, 0.1) is 12.7 Å². The van der Waals surface area contributed by atoms with Crippen LogP contribution in [0.25, 0.3) is 10.1 Å². The van der Waals surface area contributed by atoms with Crippen LogP contribution in [0, 0.1) is 0 Å². The first-order valence-electron chi connectivity index (χ1n) is 5.51. The second-order valence-corrected chi connectivity index (χ2v) is 5.07. The van der Waals surface area contributed by atoms with E-state index in [0.717, 1.165) is 0 Å². The summed E-state index contributed by atoms with van der Waals surface area (Å²) in [4.78, 5) is 0. The highest BCUT2D eigenvalue weighted by Gasteiger charge is 2.05. The van der Waals surface area contributed by atoms with Gasteiger partial charge in [0.15, 0.2) is 0 Å². The van der Waals surface area contributed by atoms with Gasteiger partial charge in [0.25, 0.3) is 0 Å². The number of ether oxygens (including phenoxy) is 1. The Morgan fingerprint density at radius 1 is 1.38 bits per heavy atom. The number of hydrogen-bond donors (Lipinski definition) is 1. The molecule has 0 aliphatic rings. The molecule has 0 radical (unpaired) electrons. The zero-order chi connectivity index (χ0) is 11.5. The molecule has 1 heterocycles. The third-order valence-corrected chi connectivity index (χ3v) is 3.54. The summed E-state index contributed by atoms with van der Waals surface area (Å²) in [6, 6.07) is 6.40. The molecular weight excluding hydrogens is 218 g/mol. The number of rotatable bonds is 4. The van der Waals surface area contributed by atoms with E-state index < -0.39 is 0 Å². The molecule has 16 heavy (non-hydrogen) atoms. The highest BCUT2D eigenvalue weighted by Crippen LogP contribution is 2.27. The number of hydrogen-bond acceptors (Lipinski definition) is 3. The molecule has 2 rings (SSSR count). The molecular formula is C13H17NOS. The van der Waals surface area contributed by atoms with Crippen molar-refractivity contribution in [2.24, 2.45) is 5.73 Å². The fourth-order valence-electron chi connectivity index (χ4n) is 1.62. The molecule has 0 bridgehead atoms. The predicted molar refractivity (Wildman–Crippen MR) is 69.6 cm³/mol. The van der Waals surface area contributed by atoms with Gasteiger partial charge in [0.2, 0.25) is 0 Å². The molecule has 0 saturated carbocycles. The van der Waals surface area contributed by atoms with E-state index in [2.05, 4.69) is 37.4 Å². The minimum atomic E-state index is 0.271. The first-order valence-corrected chi connectivity index (χ1v) is 6.39. The molecule has 2 N–H and O–H groups in total. The summed E-state index contributed by atoms with van der Waals surface area (Å²) in [5, 5.41) is 3.46. The van der Waals surface area contributed by atoms with Crippen molar-refractivity contribution in [3.05, 3.63) is 34.7 Å². The van der Waals surface area contributed by atoms with E-state index in [4.69, 9.17) is 10.5 Å². The minimum absolute atomic E-state index is 0.271. The minimum Gasteiger partial charge on any atom is -0.374 e. The number of thiophene rings is 1. The average Bonchev–Trinajstić information content (AvgIpc) is 2.68. The quantitative estimate of drug-likeness (QED) is 0.882. The smallest absolute Gasteiger partial charge is 0.0734 e. The van der Waals surface area contributed by atoms with Crippen molar-refractivity contribution in [1.82, 2.24) is 0 Å². The van der Waals surface area contributed by atoms with Crippen molar-refractivity contribution >= 4 is 21.4 Å². The number of benzene rings is 1. The molecule has 0 spiro atoms. The van der Waals surface area contributed by atoms with Crippen molar-refractivity contribution in [2.75, 3.05) is 0 Å². The van der Waals surface area contributed by atoms with E-state index >= 15 is 0 Å². The molecule has 0 aliphatic heterocycles. The summed E-state index contributed by atoms with van der Waals surface area (Å²) in [5.41, 5.74) is 8.10. The standard InChI is InChI=1S/C13H17NOS/c1-9(2)15-7-11-8-16-13-4-3-10(6-14)5-12(11)13/h3-5,8-9H,6-7,14H2,1-2H3.